The van der Waals surface area contributed by atoms with Crippen LogP contribution in [0.15, 0.2) is 42.7 Å². The molecule has 3 heterocycles. The highest BCUT2D eigenvalue weighted by Crippen LogP contribution is 2.35. The van der Waals surface area contributed by atoms with Crippen LogP contribution in [0, 0.1) is 0 Å². The van der Waals surface area contributed by atoms with Gasteiger partial charge in [-0.1, -0.05) is 23.2 Å². The van der Waals surface area contributed by atoms with Crippen molar-refractivity contribution in [1.82, 2.24) is 14.8 Å². The number of hydrogen-bond acceptors (Lipinski definition) is 4. The van der Waals surface area contributed by atoms with Gasteiger partial charge in [-0.15, -0.1) is 0 Å². The fourth-order valence-corrected chi connectivity index (χ4v) is 3.67. The van der Waals surface area contributed by atoms with Crippen LogP contribution in [0.5, 0.6) is 0 Å². The van der Waals surface area contributed by atoms with Crippen LogP contribution in [-0.4, -0.2) is 48.0 Å². The van der Waals surface area contributed by atoms with Crippen molar-refractivity contribution in [2.75, 3.05) is 37.1 Å². The van der Waals surface area contributed by atoms with Gasteiger partial charge in [0.2, 0.25) is 0 Å². The molecule has 0 unspecified atom stereocenters. The number of anilines is 2. The number of pyridine rings is 1. The van der Waals surface area contributed by atoms with Gasteiger partial charge in [-0.2, -0.15) is 5.10 Å². The van der Waals surface area contributed by atoms with Crippen LogP contribution in [0.2, 0.25) is 10.0 Å². The Labute approximate surface area is 177 Å². The van der Waals surface area contributed by atoms with E-state index in [1.54, 1.807) is 36.7 Å². The van der Waals surface area contributed by atoms with Crippen molar-refractivity contribution in [2.45, 2.75) is 6.04 Å². The standard InChI is InChI=1S/C20H18Cl2FN5O/c1-26(2)18-7-12(5-6-24-18)15-10-25-28-14(9-23)11-27(20(29)19(15)28)13-3-4-16(21)17(22)8-13/h3-8,10,14H,9,11H2,1-2H3/t14-/m1/s1. The summed E-state index contributed by atoms with van der Waals surface area (Å²) in [5.41, 5.74) is 2.31. The normalized spacial score (nSPS) is 16.1. The molecule has 0 spiro atoms. The van der Waals surface area contributed by atoms with Crippen LogP contribution >= 0.6 is 23.2 Å². The molecule has 0 bridgehead atoms. The summed E-state index contributed by atoms with van der Waals surface area (Å²) < 4.78 is 15.3. The Morgan fingerprint density at radius 2 is 2.00 bits per heavy atom. The predicted octanol–water partition coefficient (Wildman–Crippen LogP) is 4.49. The van der Waals surface area contributed by atoms with E-state index < -0.39 is 12.7 Å². The number of aromatic nitrogens is 3. The average Bonchev–Trinajstić information content (AvgIpc) is 3.16. The second kappa shape index (κ2) is 7.65. The number of carbonyl (C=O) groups is 1. The van der Waals surface area contributed by atoms with Gasteiger partial charge in [-0.3, -0.25) is 9.48 Å². The number of alkyl halides is 1. The largest absolute Gasteiger partial charge is 0.363 e. The number of benzene rings is 1. The van der Waals surface area contributed by atoms with Crippen LogP contribution < -0.4 is 9.80 Å². The Morgan fingerprint density at radius 3 is 2.69 bits per heavy atom. The molecule has 29 heavy (non-hydrogen) atoms. The molecule has 9 heteroatoms. The summed E-state index contributed by atoms with van der Waals surface area (Å²) in [6.07, 6.45) is 3.27. The van der Waals surface area contributed by atoms with E-state index in [9.17, 15) is 9.18 Å². The summed E-state index contributed by atoms with van der Waals surface area (Å²) in [5.74, 6) is 0.470. The summed E-state index contributed by atoms with van der Waals surface area (Å²) in [5, 5.41) is 5.04. The summed E-state index contributed by atoms with van der Waals surface area (Å²) in [6.45, 7) is -0.501. The van der Waals surface area contributed by atoms with E-state index in [1.807, 2.05) is 25.1 Å². The number of nitrogens with zero attached hydrogens (tertiary/aromatic N) is 5. The first-order chi connectivity index (χ1) is 13.9. The second-order valence-corrected chi connectivity index (χ2v) is 7.79. The van der Waals surface area contributed by atoms with E-state index in [4.69, 9.17) is 23.2 Å². The summed E-state index contributed by atoms with van der Waals surface area (Å²) in [6, 6.07) is 8.01. The molecule has 0 N–H and O–H groups in total. The van der Waals surface area contributed by atoms with Gasteiger partial charge in [0.25, 0.3) is 5.91 Å². The van der Waals surface area contributed by atoms with Gasteiger partial charge >= 0.3 is 0 Å². The van der Waals surface area contributed by atoms with E-state index >= 15 is 0 Å². The second-order valence-electron chi connectivity index (χ2n) is 6.97. The van der Waals surface area contributed by atoms with Crippen LogP contribution in [0.3, 0.4) is 0 Å². The van der Waals surface area contributed by atoms with Crippen molar-refractivity contribution in [3.63, 3.8) is 0 Å². The van der Waals surface area contributed by atoms with Crippen molar-refractivity contribution < 1.29 is 9.18 Å². The molecule has 0 fully saturated rings. The van der Waals surface area contributed by atoms with E-state index in [1.165, 1.54) is 9.58 Å². The Hall–Kier alpha value is -2.64. The molecular weight excluding hydrogens is 416 g/mol. The predicted molar refractivity (Wildman–Crippen MR) is 113 cm³/mol. The van der Waals surface area contributed by atoms with Crippen molar-refractivity contribution in [3.05, 3.63) is 58.5 Å². The van der Waals surface area contributed by atoms with Crippen molar-refractivity contribution in [2.24, 2.45) is 0 Å². The molecule has 0 saturated carbocycles. The fourth-order valence-electron chi connectivity index (χ4n) is 3.38. The highest BCUT2D eigenvalue weighted by atomic mass is 35.5. The van der Waals surface area contributed by atoms with Gasteiger partial charge in [0.15, 0.2) is 0 Å². The lowest BCUT2D eigenvalue weighted by molar-refractivity contribution is 0.0946. The average molecular weight is 434 g/mol. The minimum atomic E-state index is -0.654. The maximum Gasteiger partial charge on any atom is 0.277 e. The van der Waals surface area contributed by atoms with E-state index in [2.05, 4.69) is 10.1 Å². The Kier molecular flexibility index (Phi) is 5.19. The maximum absolute atomic E-state index is 13.8. The molecular formula is C20H18Cl2FN5O. The molecule has 1 aliphatic heterocycles. The van der Waals surface area contributed by atoms with Crippen LogP contribution in [0.4, 0.5) is 15.9 Å². The number of fused-ring (bicyclic) bond motifs is 1. The van der Waals surface area contributed by atoms with Gasteiger partial charge in [0.1, 0.15) is 18.2 Å². The van der Waals surface area contributed by atoms with Gasteiger partial charge in [0, 0.05) is 31.5 Å². The summed E-state index contributed by atoms with van der Waals surface area (Å²) in [4.78, 5) is 21.1. The van der Waals surface area contributed by atoms with Crippen molar-refractivity contribution in [3.8, 4) is 11.1 Å². The number of carbonyl (C=O) groups excluding carboxylic acids is 1. The lowest BCUT2D eigenvalue weighted by Gasteiger charge is -2.33. The Bertz CT molecular complexity index is 1080. The lowest BCUT2D eigenvalue weighted by Crippen LogP contribution is -2.44. The Morgan fingerprint density at radius 1 is 1.21 bits per heavy atom. The molecule has 1 atom stereocenters. The zero-order valence-electron chi connectivity index (χ0n) is 15.8. The Balaban J connectivity index is 1.82. The molecule has 0 saturated heterocycles. The SMILES string of the molecule is CN(C)c1cc(-c2cnn3c2C(=O)N(c2ccc(Cl)c(Cl)c2)C[C@H]3CF)ccn1. The first kappa shape index (κ1) is 19.7. The number of hydrogen-bond donors (Lipinski definition) is 0. The molecule has 4 rings (SSSR count). The number of rotatable bonds is 4. The third-order valence-corrected chi connectivity index (χ3v) is 5.63. The zero-order chi connectivity index (χ0) is 20.7. The maximum atomic E-state index is 13.8. The molecule has 1 aromatic carbocycles. The van der Waals surface area contributed by atoms with Crippen LogP contribution in [-0.2, 0) is 0 Å². The third kappa shape index (κ3) is 3.45. The van der Waals surface area contributed by atoms with Gasteiger partial charge < -0.3 is 9.80 Å². The van der Waals surface area contributed by atoms with E-state index in [0.29, 0.717) is 27.0 Å². The molecule has 1 aliphatic rings. The first-order valence-electron chi connectivity index (χ1n) is 8.95. The molecule has 150 valence electrons. The minimum absolute atomic E-state index is 0.153. The highest BCUT2D eigenvalue weighted by molar-refractivity contribution is 6.42. The topological polar surface area (TPSA) is 54.3 Å². The molecule has 1 amide bonds. The van der Waals surface area contributed by atoms with Crippen molar-refractivity contribution in [1.29, 1.82) is 0 Å². The monoisotopic (exact) mass is 433 g/mol. The molecule has 6 nitrogen and oxygen atoms in total. The summed E-state index contributed by atoms with van der Waals surface area (Å²) >= 11 is 12.1. The summed E-state index contributed by atoms with van der Waals surface area (Å²) in [7, 11) is 3.77. The number of amides is 1. The van der Waals surface area contributed by atoms with Gasteiger partial charge in [-0.05, 0) is 35.9 Å². The number of halogens is 3. The highest BCUT2D eigenvalue weighted by Gasteiger charge is 2.35. The van der Waals surface area contributed by atoms with Crippen LogP contribution in [0.25, 0.3) is 11.1 Å². The van der Waals surface area contributed by atoms with Gasteiger partial charge in [-0.25, -0.2) is 9.37 Å². The van der Waals surface area contributed by atoms with Crippen LogP contribution in [0.1, 0.15) is 16.5 Å². The van der Waals surface area contributed by atoms with E-state index in [-0.39, 0.29) is 12.5 Å². The molecule has 3 aromatic rings. The molecule has 0 radical (unpaired) electrons. The zero-order valence-corrected chi connectivity index (χ0v) is 17.3. The lowest BCUT2D eigenvalue weighted by atomic mass is 10.0. The quantitative estimate of drug-likeness (QED) is 0.608. The van der Waals surface area contributed by atoms with E-state index in [0.717, 1.165) is 11.4 Å². The third-order valence-electron chi connectivity index (χ3n) is 4.89. The smallest absolute Gasteiger partial charge is 0.277 e. The minimum Gasteiger partial charge on any atom is -0.363 e. The fraction of sp³-hybridized carbons (Fsp3) is 0.250. The molecule has 2 aromatic heterocycles. The van der Waals surface area contributed by atoms with Crippen molar-refractivity contribution >= 4 is 40.6 Å². The van der Waals surface area contributed by atoms with Gasteiger partial charge in [0.05, 0.1) is 28.8 Å². The first-order valence-corrected chi connectivity index (χ1v) is 9.70. The molecule has 0 aliphatic carbocycles.